The maximum Gasteiger partial charge on any atom is 0.341 e. The molecule has 1 saturated heterocycles. The number of esters is 1. The van der Waals surface area contributed by atoms with Crippen LogP contribution in [0, 0.1) is 11.7 Å². The summed E-state index contributed by atoms with van der Waals surface area (Å²) < 4.78 is 19.4. The summed E-state index contributed by atoms with van der Waals surface area (Å²) in [6.07, 6.45) is 0.991. The fourth-order valence-corrected chi connectivity index (χ4v) is 2.75. The number of benzene rings is 1. The van der Waals surface area contributed by atoms with Crippen LogP contribution in [0.3, 0.4) is 0 Å². The predicted molar refractivity (Wildman–Crippen MR) is 84.0 cm³/mol. The van der Waals surface area contributed by atoms with Gasteiger partial charge in [-0.2, -0.15) is 0 Å². The van der Waals surface area contributed by atoms with Crippen molar-refractivity contribution in [1.82, 2.24) is 4.90 Å². The Bertz CT molecular complexity index is 571. The Morgan fingerprint density at radius 2 is 2.00 bits per heavy atom. The Morgan fingerprint density at radius 1 is 1.36 bits per heavy atom. The zero-order chi connectivity index (χ0) is 16.3. The minimum atomic E-state index is -0.913. The monoisotopic (exact) mass is 371 g/mol. The molecule has 6 heteroatoms. The molecule has 4 nitrogen and oxygen atoms in total. The zero-order valence-corrected chi connectivity index (χ0v) is 14.2. The average molecular weight is 372 g/mol. The van der Waals surface area contributed by atoms with Gasteiger partial charge in [0.25, 0.3) is 5.91 Å². The Labute approximate surface area is 137 Å². The largest absolute Gasteiger partial charge is 0.449 e. The van der Waals surface area contributed by atoms with E-state index in [1.165, 1.54) is 19.1 Å². The minimum Gasteiger partial charge on any atom is -0.449 e. The molecule has 22 heavy (non-hydrogen) atoms. The van der Waals surface area contributed by atoms with Gasteiger partial charge in [-0.1, -0.05) is 22.9 Å². The quantitative estimate of drug-likeness (QED) is 0.765. The first-order valence-corrected chi connectivity index (χ1v) is 8.12. The number of hydrogen-bond donors (Lipinski definition) is 0. The van der Waals surface area contributed by atoms with Crippen LogP contribution in [0.15, 0.2) is 22.7 Å². The number of likely N-dealkylation sites (tertiary alicyclic amines) is 1. The number of rotatable bonds is 3. The van der Waals surface area contributed by atoms with Crippen molar-refractivity contribution in [3.63, 3.8) is 0 Å². The first-order valence-electron chi connectivity index (χ1n) is 7.33. The summed E-state index contributed by atoms with van der Waals surface area (Å²) in [6, 6.07) is 4.08. The molecule has 1 fully saturated rings. The van der Waals surface area contributed by atoms with E-state index < -0.39 is 17.9 Å². The number of hydrogen-bond acceptors (Lipinski definition) is 3. The van der Waals surface area contributed by atoms with Crippen molar-refractivity contribution < 1.29 is 18.7 Å². The normalized spacial score (nSPS) is 17.2. The molecular weight excluding hydrogens is 353 g/mol. The van der Waals surface area contributed by atoms with E-state index in [4.69, 9.17) is 4.74 Å². The van der Waals surface area contributed by atoms with E-state index in [9.17, 15) is 14.0 Å². The van der Waals surface area contributed by atoms with Gasteiger partial charge in [0, 0.05) is 17.6 Å². The third-order valence-corrected chi connectivity index (χ3v) is 4.37. The van der Waals surface area contributed by atoms with Gasteiger partial charge in [-0.05, 0) is 43.9 Å². The van der Waals surface area contributed by atoms with Crippen LogP contribution < -0.4 is 0 Å². The highest BCUT2D eigenvalue weighted by Crippen LogP contribution is 2.19. The van der Waals surface area contributed by atoms with E-state index in [-0.39, 0.29) is 11.5 Å². The van der Waals surface area contributed by atoms with Crippen LogP contribution in [0.25, 0.3) is 0 Å². The average Bonchev–Trinajstić information content (AvgIpc) is 2.47. The molecule has 1 aliphatic heterocycles. The molecule has 1 atom stereocenters. The number of carbonyl (C=O) groups excluding carboxylic acids is 2. The van der Waals surface area contributed by atoms with Gasteiger partial charge >= 0.3 is 5.97 Å². The third-order valence-electron chi connectivity index (χ3n) is 3.88. The molecule has 0 N–H and O–H groups in total. The lowest BCUT2D eigenvalue weighted by molar-refractivity contribution is -0.141. The van der Waals surface area contributed by atoms with Gasteiger partial charge in [0.15, 0.2) is 6.10 Å². The lowest BCUT2D eigenvalue weighted by atomic mass is 9.99. The number of ether oxygens (including phenoxy) is 1. The van der Waals surface area contributed by atoms with Crippen LogP contribution in [0.2, 0.25) is 0 Å². The van der Waals surface area contributed by atoms with E-state index in [0.717, 1.165) is 12.8 Å². The summed E-state index contributed by atoms with van der Waals surface area (Å²) in [5.41, 5.74) is -0.171. The van der Waals surface area contributed by atoms with Crippen LogP contribution in [0.4, 0.5) is 4.39 Å². The van der Waals surface area contributed by atoms with Gasteiger partial charge in [0.05, 0.1) is 5.56 Å². The van der Waals surface area contributed by atoms with Crippen LogP contribution in [0.1, 0.15) is 37.0 Å². The summed E-state index contributed by atoms with van der Waals surface area (Å²) in [5.74, 6) is -1.11. The molecule has 1 amide bonds. The molecule has 1 unspecified atom stereocenters. The molecule has 1 aromatic rings. The van der Waals surface area contributed by atoms with Gasteiger partial charge in [0.1, 0.15) is 5.82 Å². The van der Waals surface area contributed by atoms with Crippen molar-refractivity contribution in [2.75, 3.05) is 13.1 Å². The van der Waals surface area contributed by atoms with Crippen LogP contribution in [0.5, 0.6) is 0 Å². The van der Waals surface area contributed by atoms with Crippen LogP contribution in [-0.4, -0.2) is 36.0 Å². The molecular formula is C16H19BrFNO3. The molecule has 2 rings (SSSR count). The van der Waals surface area contributed by atoms with E-state index in [2.05, 4.69) is 22.9 Å². The second kappa shape index (κ2) is 7.22. The smallest absolute Gasteiger partial charge is 0.341 e. The van der Waals surface area contributed by atoms with E-state index >= 15 is 0 Å². The standard InChI is InChI=1S/C16H19BrFNO3/c1-10-5-7-19(8-6-10)15(20)11(2)22-16(21)13-4-3-12(17)9-14(13)18/h3-4,9-11H,5-8H2,1-2H3. The molecule has 0 aromatic heterocycles. The highest BCUT2D eigenvalue weighted by Gasteiger charge is 2.27. The first-order chi connectivity index (χ1) is 10.4. The highest BCUT2D eigenvalue weighted by molar-refractivity contribution is 9.10. The van der Waals surface area contributed by atoms with E-state index in [0.29, 0.717) is 23.5 Å². The third kappa shape index (κ3) is 4.06. The van der Waals surface area contributed by atoms with Crippen molar-refractivity contribution in [2.24, 2.45) is 5.92 Å². The number of amides is 1. The molecule has 0 saturated carbocycles. The Morgan fingerprint density at radius 3 is 2.59 bits per heavy atom. The van der Waals surface area contributed by atoms with E-state index in [1.54, 1.807) is 11.0 Å². The second-order valence-corrected chi connectivity index (χ2v) is 6.60. The van der Waals surface area contributed by atoms with Crippen molar-refractivity contribution in [3.05, 3.63) is 34.1 Å². The molecule has 0 radical (unpaired) electrons. The van der Waals surface area contributed by atoms with Crippen LogP contribution >= 0.6 is 15.9 Å². The van der Waals surface area contributed by atoms with Gasteiger partial charge < -0.3 is 9.64 Å². The molecule has 1 aliphatic rings. The SMILES string of the molecule is CC1CCN(C(=O)C(C)OC(=O)c2ccc(Br)cc2F)CC1. The number of carbonyl (C=O) groups is 2. The molecule has 0 bridgehead atoms. The van der Waals surface area contributed by atoms with E-state index in [1.807, 2.05) is 0 Å². The summed E-state index contributed by atoms with van der Waals surface area (Å²) in [4.78, 5) is 25.9. The maximum absolute atomic E-state index is 13.7. The van der Waals surface area contributed by atoms with Crippen molar-refractivity contribution in [1.29, 1.82) is 0 Å². The van der Waals surface area contributed by atoms with Gasteiger partial charge in [0.2, 0.25) is 0 Å². The molecule has 120 valence electrons. The van der Waals surface area contributed by atoms with Crippen molar-refractivity contribution in [3.8, 4) is 0 Å². The number of piperidine rings is 1. The van der Waals surface area contributed by atoms with Gasteiger partial charge in [-0.25, -0.2) is 9.18 Å². The number of nitrogens with zero attached hydrogens (tertiary/aromatic N) is 1. The fraction of sp³-hybridized carbons (Fsp3) is 0.500. The lowest BCUT2D eigenvalue weighted by Gasteiger charge is -2.31. The fourth-order valence-electron chi connectivity index (χ4n) is 2.42. The van der Waals surface area contributed by atoms with Crippen LogP contribution in [-0.2, 0) is 9.53 Å². The first kappa shape index (κ1) is 16.9. The zero-order valence-electron chi connectivity index (χ0n) is 12.6. The Balaban J connectivity index is 1.97. The molecule has 1 aromatic carbocycles. The highest BCUT2D eigenvalue weighted by atomic mass is 79.9. The van der Waals surface area contributed by atoms with Crippen molar-refractivity contribution >= 4 is 27.8 Å². The molecule has 1 heterocycles. The second-order valence-electron chi connectivity index (χ2n) is 5.68. The Kier molecular flexibility index (Phi) is 5.56. The summed E-state index contributed by atoms with van der Waals surface area (Å²) >= 11 is 3.12. The van der Waals surface area contributed by atoms with Gasteiger partial charge in [-0.3, -0.25) is 4.79 Å². The van der Waals surface area contributed by atoms with Crippen molar-refractivity contribution in [2.45, 2.75) is 32.8 Å². The molecule has 0 spiro atoms. The summed E-state index contributed by atoms with van der Waals surface area (Å²) in [6.45, 7) is 5.03. The topological polar surface area (TPSA) is 46.6 Å². The van der Waals surface area contributed by atoms with Gasteiger partial charge in [-0.15, -0.1) is 0 Å². The lowest BCUT2D eigenvalue weighted by Crippen LogP contribution is -2.44. The Hall–Kier alpha value is -1.43. The predicted octanol–water partition coefficient (Wildman–Crippen LogP) is 3.39. The number of halogens is 2. The minimum absolute atomic E-state index is 0.171. The molecule has 0 aliphatic carbocycles. The summed E-state index contributed by atoms with van der Waals surface area (Å²) in [5, 5.41) is 0. The summed E-state index contributed by atoms with van der Waals surface area (Å²) in [7, 11) is 0. The maximum atomic E-state index is 13.7.